The summed E-state index contributed by atoms with van der Waals surface area (Å²) in [4.78, 5) is 33.3. The summed E-state index contributed by atoms with van der Waals surface area (Å²) in [5, 5.41) is 11.3. The molecule has 1 aromatic heterocycles. The molecule has 1 atom stereocenters. The van der Waals surface area contributed by atoms with Gasteiger partial charge in [-0.15, -0.1) is 0 Å². The Morgan fingerprint density at radius 2 is 1.65 bits per heavy atom. The Balaban J connectivity index is 1.67. The molecule has 11 heteroatoms. The van der Waals surface area contributed by atoms with Crippen LogP contribution in [0.15, 0.2) is 65.5 Å². The first kappa shape index (κ1) is 27.1. The van der Waals surface area contributed by atoms with Crippen molar-refractivity contribution in [2.75, 3.05) is 27.3 Å². The maximum absolute atomic E-state index is 14.4. The van der Waals surface area contributed by atoms with Crippen LogP contribution in [-0.2, 0) is 0 Å². The molecular weight excluding hydrogens is 544 g/mol. The fourth-order valence-corrected chi connectivity index (χ4v) is 5.21. The van der Waals surface area contributed by atoms with Crippen LogP contribution in [-0.4, -0.2) is 52.8 Å². The van der Waals surface area contributed by atoms with Crippen molar-refractivity contribution >= 4 is 17.5 Å². The number of ether oxygens (including phenoxy) is 2. The third-order valence-corrected chi connectivity index (χ3v) is 7.10. The average Bonchev–Trinajstić information content (AvgIpc) is 3.42. The molecule has 3 aromatic carbocycles. The molecule has 0 aliphatic carbocycles. The molecule has 5 rings (SSSR count). The van der Waals surface area contributed by atoms with Gasteiger partial charge in [-0.1, -0.05) is 35.9 Å². The Kier molecular flexibility index (Phi) is 7.44. The van der Waals surface area contributed by atoms with Gasteiger partial charge in [0.1, 0.15) is 28.8 Å². The van der Waals surface area contributed by atoms with E-state index in [0.29, 0.717) is 10.6 Å². The lowest BCUT2D eigenvalue weighted by molar-refractivity contribution is 0.0784. The van der Waals surface area contributed by atoms with E-state index in [-0.39, 0.29) is 48.1 Å². The van der Waals surface area contributed by atoms with Crippen LogP contribution in [0.25, 0.3) is 17.1 Å². The number of halogens is 3. The molecule has 206 valence electrons. The maximum atomic E-state index is 14.4. The van der Waals surface area contributed by atoms with E-state index in [9.17, 15) is 23.5 Å². The monoisotopic (exact) mass is 567 g/mol. The lowest BCUT2D eigenvalue weighted by Crippen LogP contribution is -2.36. The van der Waals surface area contributed by atoms with Gasteiger partial charge in [0.2, 0.25) is 5.88 Å². The van der Waals surface area contributed by atoms with Crippen LogP contribution < -0.4 is 15.0 Å². The molecule has 2 heterocycles. The fourth-order valence-electron chi connectivity index (χ4n) is 5.02. The van der Waals surface area contributed by atoms with Crippen LogP contribution in [0.3, 0.4) is 0 Å². The summed E-state index contributed by atoms with van der Waals surface area (Å²) < 4.78 is 41.0. The summed E-state index contributed by atoms with van der Waals surface area (Å²) in [7, 11) is 2.82. The highest BCUT2D eigenvalue weighted by molar-refractivity contribution is 6.30. The van der Waals surface area contributed by atoms with Gasteiger partial charge >= 0.3 is 0 Å². The number of carbonyl (C=O) groups is 1. The second-order valence-electron chi connectivity index (χ2n) is 9.17. The lowest BCUT2D eigenvalue weighted by atomic mass is 9.97. The smallest absolute Gasteiger partial charge is 0.275 e. The molecule has 0 saturated carbocycles. The fraction of sp³-hybridized carbons (Fsp3) is 0.207. The van der Waals surface area contributed by atoms with Crippen molar-refractivity contribution in [3.05, 3.63) is 98.8 Å². The standard InChI is InChI=1S/C29H24ClF2N3O5/c1-39-21-10-5-11-22(40-2)25(21)35-26(16-6-3-7-18(30)14-16)33-27(36)24(29(35)38)28(37)34-13-12-17(15-34)23-19(31)8-4-9-20(23)32/h3-11,14,17,36H,12-13,15H2,1-2H3. The summed E-state index contributed by atoms with van der Waals surface area (Å²) in [6.45, 7) is 0.0633. The van der Waals surface area contributed by atoms with Gasteiger partial charge in [0.25, 0.3) is 11.5 Å². The first-order chi connectivity index (χ1) is 19.2. The topological polar surface area (TPSA) is 93.9 Å². The van der Waals surface area contributed by atoms with Crippen molar-refractivity contribution in [1.29, 1.82) is 0 Å². The minimum atomic E-state index is -0.893. The number of amides is 1. The quantitative estimate of drug-likeness (QED) is 0.345. The molecule has 4 aromatic rings. The number of benzene rings is 3. The number of nitrogens with zero attached hydrogens (tertiary/aromatic N) is 3. The number of likely N-dealkylation sites (tertiary alicyclic amines) is 1. The van der Waals surface area contributed by atoms with Gasteiger partial charge in [-0.3, -0.25) is 14.2 Å². The molecule has 1 N–H and O–H groups in total. The summed E-state index contributed by atoms with van der Waals surface area (Å²) >= 11 is 6.20. The third-order valence-electron chi connectivity index (χ3n) is 6.87. The van der Waals surface area contributed by atoms with Gasteiger partial charge in [0, 0.05) is 35.2 Å². The van der Waals surface area contributed by atoms with E-state index in [4.69, 9.17) is 21.1 Å². The SMILES string of the molecule is COc1cccc(OC)c1-n1c(-c2cccc(Cl)c2)nc(O)c(C(=O)N2CCC(c3c(F)cccc3F)C2)c1=O. The second-order valence-corrected chi connectivity index (χ2v) is 9.60. The molecule has 1 aliphatic heterocycles. The molecule has 0 bridgehead atoms. The van der Waals surface area contributed by atoms with E-state index in [1.165, 1.54) is 25.2 Å². The predicted molar refractivity (Wildman–Crippen MR) is 145 cm³/mol. The zero-order valence-electron chi connectivity index (χ0n) is 21.5. The molecule has 1 unspecified atom stereocenters. The molecule has 0 spiro atoms. The predicted octanol–water partition coefficient (Wildman–Crippen LogP) is 5.18. The molecule has 8 nitrogen and oxygen atoms in total. The van der Waals surface area contributed by atoms with Crippen LogP contribution >= 0.6 is 11.6 Å². The number of carbonyl (C=O) groups excluding carboxylic acids is 1. The van der Waals surface area contributed by atoms with Gasteiger partial charge in [-0.05, 0) is 42.8 Å². The largest absolute Gasteiger partial charge is 0.494 e. The highest BCUT2D eigenvalue weighted by Gasteiger charge is 2.35. The first-order valence-corrected chi connectivity index (χ1v) is 12.7. The van der Waals surface area contributed by atoms with Crippen molar-refractivity contribution < 1.29 is 28.2 Å². The van der Waals surface area contributed by atoms with Crippen molar-refractivity contribution in [3.8, 4) is 34.5 Å². The number of methoxy groups -OCH3 is 2. The van der Waals surface area contributed by atoms with Gasteiger partial charge < -0.3 is 19.5 Å². The molecule has 0 radical (unpaired) electrons. The minimum Gasteiger partial charge on any atom is -0.494 e. The number of hydrogen-bond donors (Lipinski definition) is 1. The van der Waals surface area contributed by atoms with Crippen LogP contribution in [0.4, 0.5) is 8.78 Å². The van der Waals surface area contributed by atoms with Crippen LogP contribution in [0, 0.1) is 11.6 Å². The molecule has 1 fully saturated rings. The molecular formula is C29H24ClF2N3O5. The van der Waals surface area contributed by atoms with Gasteiger partial charge in [-0.2, -0.15) is 4.98 Å². The van der Waals surface area contributed by atoms with Gasteiger partial charge in [-0.25, -0.2) is 8.78 Å². The normalized spacial score (nSPS) is 14.8. The Labute approximate surface area is 233 Å². The first-order valence-electron chi connectivity index (χ1n) is 12.3. The van der Waals surface area contributed by atoms with Crippen LogP contribution in [0.1, 0.15) is 28.3 Å². The Morgan fingerprint density at radius 1 is 1.02 bits per heavy atom. The van der Waals surface area contributed by atoms with E-state index < -0.39 is 40.5 Å². The third kappa shape index (κ3) is 4.75. The second kappa shape index (κ2) is 11.0. The van der Waals surface area contributed by atoms with Gasteiger partial charge in [0.05, 0.1) is 14.2 Å². The maximum Gasteiger partial charge on any atom is 0.275 e. The highest BCUT2D eigenvalue weighted by atomic mass is 35.5. The Bertz CT molecular complexity index is 1630. The summed E-state index contributed by atoms with van der Waals surface area (Å²) in [6.07, 6.45) is 0.271. The van der Waals surface area contributed by atoms with E-state index in [1.807, 2.05) is 0 Å². The number of aromatic hydroxyl groups is 1. The number of para-hydroxylation sites is 1. The number of aromatic nitrogens is 2. The molecule has 1 amide bonds. The van der Waals surface area contributed by atoms with E-state index in [2.05, 4.69) is 4.98 Å². The van der Waals surface area contributed by atoms with E-state index in [0.717, 1.165) is 16.7 Å². The summed E-state index contributed by atoms with van der Waals surface area (Å²) in [6, 6.07) is 14.9. The number of hydrogen-bond acceptors (Lipinski definition) is 6. The van der Waals surface area contributed by atoms with Gasteiger partial charge in [0.15, 0.2) is 11.4 Å². The van der Waals surface area contributed by atoms with Crippen LogP contribution in [0.5, 0.6) is 17.4 Å². The van der Waals surface area contributed by atoms with E-state index in [1.54, 1.807) is 42.5 Å². The van der Waals surface area contributed by atoms with Crippen molar-refractivity contribution in [1.82, 2.24) is 14.5 Å². The molecule has 1 saturated heterocycles. The Hall–Kier alpha value is -4.44. The Morgan fingerprint density at radius 3 is 2.27 bits per heavy atom. The zero-order valence-corrected chi connectivity index (χ0v) is 22.3. The molecule has 1 aliphatic rings. The lowest BCUT2D eigenvalue weighted by Gasteiger charge is -2.21. The van der Waals surface area contributed by atoms with Crippen LogP contribution in [0.2, 0.25) is 5.02 Å². The van der Waals surface area contributed by atoms with Crippen molar-refractivity contribution in [2.45, 2.75) is 12.3 Å². The highest BCUT2D eigenvalue weighted by Crippen LogP contribution is 2.36. The minimum absolute atomic E-state index is 0.0166. The zero-order chi connectivity index (χ0) is 28.6. The molecule has 40 heavy (non-hydrogen) atoms. The van der Waals surface area contributed by atoms with Crippen molar-refractivity contribution in [2.24, 2.45) is 0 Å². The number of rotatable bonds is 6. The summed E-state index contributed by atoms with van der Waals surface area (Å²) in [5.74, 6) is -3.19. The van der Waals surface area contributed by atoms with E-state index >= 15 is 0 Å². The average molecular weight is 568 g/mol. The van der Waals surface area contributed by atoms with Crippen molar-refractivity contribution in [3.63, 3.8) is 0 Å². The summed E-state index contributed by atoms with van der Waals surface area (Å²) in [5.41, 5.74) is -1.08.